The molecule has 0 heterocycles. The van der Waals surface area contributed by atoms with Crippen molar-refractivity contribution in [3.63, 3.8) is 0 Å². The van der Waals surface area contributed by atoms with Gasteiger partial charge in [0.05, 0.1) is 6.67 Å². The molecule has 0 aromatic rings. The molecular weight excluding hydrogens is 67.0 g/mol. The molecule has 0 nitrogen and oxygen atoms in total. The van der Waals surface area contributed by atoms with E-state index in [1.165, 1.54) is 0 Å². The molecule has 0 bridgehead atoms. The van der Waals surface area contributed by atoms with E-state index in [-0.39, 0.29) is 6.67 Å². The van der Waals surface area contributed by atoms with E-state index in [0.717, 1.165) is 6.42 Å². The van der Waals surface area contributed by atoms with E-state index >= 15 is 0 Å². The fourth-order valence-corrected chi connectivity index (χ4v) is 0.109. The van der Waals surface area contributed by atoms with Crippen LogP contribution in [0.1, 0.15) is 13.3 Å². The van der Waals surface area contributed by atoms with Crippen LogP contribution in [0, 0.1) is 6.42 Å². The third-order valence-electron chi connectivity index (χ3n) is 0.398. The first kappa shape index (κ1) is 4.93. The maximum atomic E-state index is 10.9. The Balaban J connectivity index is 2.19. The fourth-order valence-electron chi connectivity index (χ4n) is 0.109. The number of unbranched alkanes of at least 4 members (excludes halogenated alkanes) is 1. The zero-order chi connectivity index (χ0) is 4.12. The van der Waals surface area contributed by atoms with Gasteiger partial charge in [-0.05, 0) is 6.42 Å². The first-order valence-corrected chi connectivity index (χ1v) is 1.79. The van der Waals surface area contributed by atoms with Crippen molar-refractivity contribution >= 4 is 0 Å². The Kier molecular flexibility index (Phi) is 3.87. The van der Waals surface area contributed by atoms with E-state index in [9.17, 15) is 4.39 Å². The smallest absolute Gasteiger partial charge is 0.0926 e. The molecule has 0 aliphatic rings. The van der Waals surface area contributed by atoms with Crippen LogP contribution < -0.4 is 0 Å². The second-order valence-electron chi connectivity index (χ2n) is 0.851. The summed E-state index contributed by atoms with van der Waals surface area (Å²) in [5, 5.41) is 0. The molecule has 0 saturated heterocycles. The van der Waals surface area contributed by atoms with E-state index in [2.05, 4.69) is 0 Å². The SMILES string of the molecule is CC[CH]CF. The standard InChI is InChI=1S/C4H8F/c1-2-3-4-5/h3H,2,4H2,1H3. The Bertz CT molecular complexity index is 11.1. The first-order valence-electron chi connectivity index (χ1n) is 1.79. The van der Waals surface area contributed by atoms with Crippen LogP contribution >= 0.6 is 0 Å². The average molecular weight is 75.1 g/mol. The summed E-state index contributed by atoms with van der Waals surface area (Å²) in [4.78, 5) is 0. The first-order chi connectivity index (χ1) is 2.41. The molecule has 0 aromatic carbocycles. The Morgan fingerprint density at radius 3 is 2.40 bits per heavy atom. The molecule has 31 valence electrons. The van der Waals surface area contributed by atoms with Crippen LogP contribution in [0.25, 0.3) is 0 Å². The largest absolute Gasteiger partial charge is 0.251 e. The molecule has 0 fully saturated rings. The summed E-state index contributed by atoms with van der Waals surface area (Å²) in [6, 6.07) is 0. The third kappa shape index (κ3) is 3.93. The van der Waals surface area contributed by atoms with Gasteiger partial charge in [-0.15, -0.1) is 0 Å². The molecule has 0 unspecified atom stereocenters. The Hall–Kier alpha value is -0.0700. The van der Waals surface area contributed by atoms with Gasteiger partial charge in [-0.2, -0.15) is 0 Å². The van der Waals surface area contributed by atoms with Crippen molar-refractivity contribution in [1.29, 1.82) is 0 Å². The number of hydrogen-bond donors (Lipinski definition) is 0. The minimum absolute atomic E-state index is 0.281. The Morgan fingerprint density at radius 1 is 1.80 bits per heavy atom. The van der Waals surface area contributed by atoms with Gasteiger partial charge < -0.3 is 0 Å². The van der Waals surface area contributed by atoms with Gasteiger partial charge in [-0.1, -0.05) is 13.3 Å². The number of hydrogen-bond acceptors (Lipinski definition) is 0. The highest BCUT2D eigenvalue weighted by Gasteiger charge is 1.72. The van der Waals surface area contributed by atoms with Gasteiger partial charge in [0.25, 0.3) is 0 Å². The summed E-state index contributed by atoms with van der Waals surface area (Å²) in [5.74, 6) is 0. The number of rotatable bonds is 2. The number of alkyl halides is 1. The molecule has 0 aliphatic heterocycles. The van der Waals surface area contributed by atoms with Gasteiger partial charge in [0.1, 0.15) is 0 Å². The van der Waals surface area contributed by atoms with Gasteiger partial charge in [-0.3, -0.25) is 4.39 Å². The normalized spacial score (nSPS) is 8.40. The van der Waals surface area contributed by atoms with E-state index in [0.29, 0.717) is 0 Å². The molecule has 0 amide bonds. The third-order valence-corrected chi connectivity index (χ3v) is 0.398. The molecule has 0 rings (SSSR count). The van der Waals surface area contributed by atoms with Crippen molar-refractivity contribution in [2.24, 2.45) is 0 Å². The van der Waals surface area contributed by atoms with Crippen LogP contribution in [0.5, 0.6) is 0 Å². The zero-order valence-electron chi connectivity index (χ0n) is 3.37. The number of halogens is 1. The van der Waals surface area contributed by atoms with E-state index in [1.54, 1.807) is 6.42 Å². The van der Waals surface area contributed by atoms with Crippen molar-refractivity contribution in [2.45, 2.75) is 13.3 Å². The zero-order valence-corrected chi connectivity index (χ0v) is 3.37. The van der Waals surface area contributed by atoms with Crippen molar-refractivity contribution in [1.82, 2.24) is 0 Å². The van der Waals surface area contributed by atoms with Crippen LogP contribution in [-0.2, 0) is 0 Å². The lowest BCUT2D eigenvalue weighted by Crippen LogP contribution is -1.69. The van der Waals surface area contributed by atoms with E-state index in [1.807, 2.05) is 6.92 Å². The monoisotopic (exact) mass is 75.1 g/mol. The second kappa shape index (κ2) is 3.93. The van der Waals surface area contributed by atoms with Gasteiger partial charge >= 0.3 is 0 Å². The minimum Gasteiger partial charge on any atom is -0.251 e. The van der Waals surface area contributed by atoms with Gasteiger partial charge in [0.2, 0.25) is 0 Å². The summed E-state index contributed by atoms with van der Waals surface area (Å²) in [6.07, 6.45) is 2.43. The lowest BCUT2D eigenvalue weighted by atomic mass is 10.4. The molecule has 0 atom stereocenters. The summed E-state index contributed by atoms with van der Waals surface area (Å²) < 4.78 is 10.9. The molecule has 1 heteroatoms. The highest BCUT2D eigenvalue weighted by molar-refractivity contribution is 4.55. The highest BCUT2D eigenvalue weighted by Crippen LogP contribution is 1.81. The van der Waals surface area contributed by atoms with Gasteiger partial charge in [-0.25, -0.2) is 0 Å². The molecule has 0 aromatic heterocycles. The Labute approximate surface area is 32.0 Å². The van der Waals surface area contributed by atoms with Crippen molar-refractivity contribution in [2.75, 3.05) is 6.67 Å². The summed E-state index contributed by atoms with van der Waals surface area (Å²) in [6.45, 7) is 1.64. The lowest BCUT2D eigenvalue weighted by Gasteiger charge is -1.75. The molecule has 0 saturated carbocycles. The van der Waals surface area contributed by atoms with Crippen LogP contribution in [0.4, 0.5) is 4.39 Å². The second-order valence-corrected chi connectivity index (χ2v) is 0.851. The summed E-state index contributed by atoms with van der Waals surface area (Å²) >= 11 is 0. The molecular formula is C4H8F. The fraction of sp³-hybridized carbons (Fsp3) is 0.750. The maximum absolute atomic E-state index is 10.9. The van der Waals surface area contributed by atoms with Gasteiger partial charge in [0.15, 0.2) is 0 Å². The quantitative estimate of drug-likeness (QED) is 0.467. The molecule has 0 N–H and O–H groups in total. The maximum Gasteiger partial charge on any atom is 0.0926 e. The summed E-state index contributed by atoms with van der Waals surface area (Å²) in [7, 11) is 0. The average Bonchev–Trinajstić information content (AvgIpc) is 1.41. The van der Waals surface area contributed by atoms with Crippen molar-refractivity contribution < 1.29 is 4.39 Å². The molecule has 1 radical (unpaired) electrons. The Morgan fingerprint density at radius 2 is 2.40 bits per heavy atom. The molecule has 0 aliphatic carbocycles. The predicted molar refractivity (Wildman–Crippen MR) is 20.6 cm³/mol. The summed E-state index contributed by atoms with van der Waals surface area (Å²) in [5.41, 5.74) is 0. The van der Waals surface area contributed by atoms with Crippen LogP contribution in [0.3, 0.4) is 0 Å². The van der Waals surface area contributed by atoms with Crippen LogP contribution in [0.2, 0.25) is 0 Å². The van der Waals surface area contributed by atoms with Gasteiger partial charge in [0, 0.05) is 0 Å². The minimum atomic E-state index is -0.281. The van der Waals surface area contributed by atoms with E-state index < -0.39 is 0 Å². The van der Waals surface area contributed by atoms with E-state index in [4.69, 9.17) is 0 Å². The topological polar surface area (TPSA) is 0 Å². The van der Waals surface area contributed by atoms with Crippen molar-refractivity contribution in [3.05, 3.63) is 6.42 Å². The molecule has 0 spiro atoms. The van der Waals surface area contributed by atoms with Crippen LogP contribution in [0.15, 0.2) is 0 Å². The van der Waals surface area contributed by atoms with Crippen molar-refractivity contribution in [3.8, 4) is 0 Å². The highest BCUT2D eigenvalue weighted by atomic mass is 19.1. The van der Waals surface area contributed by atoms with Crippen LogP contribution in [-0.4, -0.2) is 6.67 Å². The predicted octanol–water partition coefficient (Wildman–Crippen LogP) is 1.57. The lowest BCUT2D eigenvalue weighted by molar-refractivity contribution is 0.530. The molecule has 5 heavy (non-hydrogen) atoms.